The second-order valence-corrected chi connectivity index (χ2v) is 8.44. The van der Waals surface area contributed by atoms with E-state index in [0.29, 0.717) is 22.7 Å². The summed E-state index contributed by atoms with van der Waals surface area (Å²) in [6.45, 7) is 4.28. The lowest BCUT2D eigenvalue weighted by atomic mass is 9.84. The highest BCUT2D eigenvalue weighted by molar-refractivity contribution is 6.35. The predicted octanol–water partition coefficient (Wildman–Crippen LogP) is 4.87. The van der Waals surface area contributed by atoms with Crippen LogP contribution in [-0.2, 0) is 24.2 Å². The van der Waals surface area contributed by atoms with Crippen molar-refractivity contribution in [2.24, 2.45) is 5.92 Å². The molecular formula is C22H23Cl2NO2. The number of aryl methyl sites for hydroxylation is 2. The van der Waals surface area contributed by atoms with Gasteiger partial charge in [-0.3, -0.25) is 4.90 Å². The molecule has 1 unspecified atom stereocenters. The highest BCUT2D eigenvalue weighted by Gasteiger charge is 2.33. The largest absolute Gasteiger partial charge is 0.489 e. The number of hydrogen-bond donors (Lipinski definition) is 0. The van der Waals surface area contributed by atoms with Crippen molar-refractivity contribution in [2.45, 2.75) is 38.8 Å². The topological polar surface area (TPSA) is 29.5 Å². The molecule has 3 nitrogen and oxygen atoms in total. The van der Waals surface area contributed by atoms with Crippen LogP contribution < -0.4 is 4.74 Å². The van der Waals surface area contributed by atoms with E-state index in [1.165, 1.54) is 11.1 Å². The van der Waals surface area contributed by atoms with Crippen molar-refractivity contribution in [3.05, 3.63) is 62.6 Å². The fraction of sp³-hybridized carbons (Fsp3) is 0.409. The number of likely N-dealkylation sites (tertiary alicyclic amines) is 1. The molecule has 142 valence electrons. The van der Waals surface area contributed by atoms with Crippen LogP contribution in [0.2, 0.25) is 10.0 Å². The summed E-state index contributed by atoms with van der Waals surface area (Å²) in [5.41, 5.74) is 4.72. The van der Waals surface area contributed by atoms with Gasteiger partial charge in [-0.2, -0.15) is 0 Å². The van der Waals surface area contributed by atoms with Gasteiger partial charge in [0, 0.05) is 40.7 Å². The molecule has 1 saturated heterocycles. The lowest BCUT2D eigenvalue weighted by molar-refractivity contribution is -0.116. The lowest BCUT2D eigenvalue weighted by Crippen LogP contribution is -2.54. The van der Waals surface area contributed by atoms with E-state index in [2.05, 4.69) is 24.0 Å². The first-order chi connectivity index (χ1) is 13.0. The van der Waals surface area contributed by atoms with Gasteiger partial charge in [-0.1, -0.05) is 35.3 Å². The molecule has 0 amide bonds. The van der Waals surface area contributed by atoms with Gasteiger partial charge in [-0.25, -0.2) is 0 Å². The van der Waals surface area contributed by atoms with Crippen molar-refractivity contribution >= 4 is 29.5 Å². The van der Waals surface area contributed by atoms with E-state index >= 15 is 0 Å². The zero-order chi connectivity index (χ0) is 19.0. The van der Waals surface area contributed by atoms with Gasteiger partial charge < -0.3 is 9.53 Å². The molecule has 2 aliphatic rings. The normalized spacial score (nSPS) is 20.0. The molecular weight excluding hydrogens is 381 g/mol. The first-order valence-corrected chi connectivity index (χ1v) is 10.2. The van der Waals surface area contributed by atoms with Crippen molar-refractivity contribution in [3.63, 3.8) is 0 Å². The van der Waals surface area contributed by atoms with E-state index in [-0.39, 0.29) is 5.92 Å². The van der Waals surface area contributed by atoms with Gasteiger partial charge >= 0.3 is 0 Å². The molecule has 2 aromatic carbocycles. The quantitative estimate of drug-likeness (QED) is 0.666. The Labute approximate surface area is 170 Å². The molecule has 4 rings (SSSR count). The number of rotatable bonds is 5. The summed E-state index contributed by atoms with van der Waals surface area (Å²) in [6.07, 6.45) is 4.33. The standard InChI is InChI=1S/C22H23Cl2NO2/c1-14-7-17-8-18(25-10-15(11-25)12-26)6-5-16(17)9-22(14)27-13-19-20(23)3-2-4-21(19)24/h2-4,7,9,12,15,18H,5-6,8,10-11,13H2,1H3. The van der Waals surface area contributed by atoms with E-state index < -0.39 is 0 Å². The Morgan fingerprint density at radius 2 is 1.93 bits per heavy atom. The Kier molecular flexibility index (Phi) is 5.45. The van der Waals surface area contributed by atoms with Gasteiger partial charge in [0.15, 0.2) is 0 Å². The molecule has 1 fully saturated rings. The van der Waals surface area contributed by atoms with Gasteiger partial charge in [0.1, 0.15) is 18.6 Å². The number of aldehydes is 1. The number of benzene rings is 2. The number of hydrogen-bond acceptors (Lipinski definition) is 3. The Bertz CT molecular complexity index is 841. The van der Waals surface area contributed by atoms with Crippen LogP contribution in [0.3, 0.4) is 0 Å². The van der Waals surface area contributed by atoms with E-state index in [0.717, 1.165) is 55.5 Å². The number of halogens is 2. The minimum absolute atomic E-state index is 0.237. The van der Waals surface area contributed by atoms with Crippen molar-refractivity contribution in [2.75, 3.05) is 13.1 Å². The number of nitrogens with zero attached hydrogens (tertiary/aromatic N) is 1. The zero-order valence-electron chi connectivity index (χ0n) is 15.4. The van der Waals surface area contributed by atoms with Gasteiger partial charge in [0.25, 0.3) is 0 Å². The molecule has 0 bridgehead atoms. The highest BCUT2D eigenvalue weighted by Crippen LogP contribution is 2.33. The van der Waals surface area contributed by atoms with E-state index in [4.69, 9.17) is 27.9 Å². The Morgan fingerprint density at radius 3 is 2.63 bits per heavy atom. The van der Waals surface area contributed by atoms with Crippen molar-refractivity contribution in [1.29, 1.82) is 0 Å². The maximum Gasteiger partial charge on any atom is 0.125 e. The lowest BCUT2D eigenvalue weighted by Gasteiger charge is -2.44. The molecule has 0 aromatic heterocycles. The summed E-state index contributed by atoms with van der Waals surface area (Å²) in [4.78, 5) is 13.3. The second-order valence-electron chi connectivity index (χ2n) is 7.62. The highest BCUT2D eigenvalue weighted by atomic mass is 35.5. The fourth-order valence-electron chi connectivity index (χ4n) is 4.11. The van der Waals surface area contributed by atoms with Crippen LogP contribution in [0, 0.1) is 12.8 Å². The molecule has 0 radical (unpaired) electrons. The van der Waals surface area contributed by atoms with Crippen molar-refractivity contribution in [1.82, 2.24) is 4.90 Å². The molecule has 2 aromatic rings. The molecule has 5 heteroatoms. The van der Waals surface area contributed by atoms with Crippen LogP contribution >= 0.6 is 23.2 Å². The maximum atomic E-state index is 10.8. The Balaban J connectivity index is 1.45. The average Bonchev–Trinajstić information content (AvgIpc) is 2.60. The molecule has 1 atom stereocenters. The first kappa shape index (κ1) is 18.8. The Morgan fingerprint density at radius 1 is 1.19 bits per heavy atom. The van der Waals surface area contributed by atoms with Crippen LogP contribution in [0.4, 0.5) is 0 Å². The molecule has 1 heterocycles. The summed E-state index contributed by atoms with van der Waals surface area (Å²) < 4.78 is 6.07. The summed E-state index contributed by atoms with van der Waals surface area (Å²) in [6, 6.07) is 10.5. The van der Waals surface area contributed by atoms with Gasteiger partial charge in [-0.05, 0) is 61.1 Å². The van der Waals surface area contributed by atoms with E-state index in [1.807, 2.05) is 18.2 Å². The zero-order valence-corrected chi connectivity index (χ0v) is 16.9. The third-order valence-corrected chi connectivity index (χ3v) is 6.49. The van der Waals surface area contributed by atoms with Crippen LogP contribution in [0.5, 0.6) is 5.75 Å². The molecule has 0 N–H and O–H groups in total. The molecule has 1 aliphatic heterocycles. The molecule has 1 aliphatic carbocycles. The third kappa shape index (κ3) is 3.87. The van der Waals surface area contributed by atoms with Crippen molar-refractivity contribution < 1.29 is 9.53 Å². The fourth-order valence-corrected chi connectivity index (χ4v) is 4.62. The SMILES string of the molecule is Cc1cc2c(cc1OCc1c(Cl)cccc1Cl)CCC(N1CC(C=O)C1)C2. The smallest absolute Gasteiger partial charge is 0.125 e. The molecule has 0 spiro atoms. The molecule has 27 heavy (non-hydrogen) atoms. The van der Waals surface area contributed by atoms with Crippen LogP contribution in [0.25, 0.3) is 0 Å². The minimum atomic E-state index is 0.237. The summed E-state index contributed by atoms with van der Waals surface area (Å²) in [5, 5.41) is 1.26. The van der Waals surface area contributed by atoms with Gasteiger partial charge in [0.05, 0.1) is 0 Å². The molecule has 0 saturated carbocycles. The van der Waals surface area contributed by atoms with Crippen LogP contribution in [-0.4, -0.2) is 30.3 Å². The third-order valence-electron chi connectivity index (χ3n) is 5.78. The van der Waals surface area contributed by atoms with Gasteiger partial charge in [-0.15, -0.1) is 0 Å². The summed E-state index contributed by atoms with van der Waals surface area (Å²) in [7, 11) is 0. The first-order valence-electron chi connectivity index (χ1n) is 9.42. The van der Waals surface area contributed by atoms with Gasteiger partial charge in [0.2, 0.25) is 0 Å². The Hall–Kier alpha value is -1.55. The van der Waals surface area contributed by atoms with Crippen molar-refractivity contribution in [3.8, 4) is 5.75 Å². The van der Waals surface area contributed by atoms with Crippen LogP contribution in [0.15, 0.2) is 30.3 Å². The second kappa shape index (κ2) is 7.83. The monoisotopic (exact) mass is 403 g/mol. The van der Waals surface area contributed by atoms with Crippen LogP contribution in [0.1, 0.15) is 28.7 Å². The number of fused-ring (bicyclic) bond motifs is 1. The summed E-state index contributed by atoms with van der Waals surface area (Å²) >= 11 is 12.5. The number of carbonyl (C=O) groups is 1. The van der Waals surface area contributed by atoms with E-state index in [9.17, 15) is 4.79 Å². The summed E-state index contributed by atoms with van der Waals surface area (Å²) in [5.74, 6) is 1.13. The predicted molar refractivity (Wildman–Crippen MR) is 109 cm³/mol. The maximum absolute atomic E-state index is 10.8. The number of carbonyl (C=O) groups excluding carboxylic acids is 1. The number of ether oxygens (including phenoxy) is 1. The van der Waals surface area contributed by atoms with E-state index in [1.54, 1.807) is 0 Å². The minimum Gasteiger partial charge on any atom is -0.489 e. The average molecular weight is 404 g/mol.